The zero-order valence-electron chi connectivity index (χ0n) is 11.5. The summed E-state index contributed by atoms with van der Waals surface area (Å²) in [6.07, 6.45) is 13.8. The second-order valence-electron chi connectivity index (χ2n) is 4.91. The summed E-state index contributed by atoms with van der Waals surface area (Å²) in [7, 11) is 3.46. The Kier molecular flexibility index (Phi) is 13.0. The molecule has 0 saturated carbocycles. The number of rotatable bonds is 12. The van der Waals surface area contributed by atoms with Crippen molar-refractivity contribution >= 4 is 0 Å². The lowest BCUT2D eigenvalue weighted by Crippen LogP contribution is -2.05. The molecular formula is C15H31O. The Balaban J connectivity index is 3.12. The summed E-state index contributed by atoms with van der Waals surface area (Å²) < 4.78 is 4.97. The summed E-state index contributed by atoms with van der Waals surface area (Å²) in [5.41, 5.74) is 0. The Hall–Kier alpha value is -0.0400. The van der Waals surface area contributed by atoms with Crippen LogP contribution >= 0.6 is 0 Å². The number of unbranched alkanes of at least 4 members (excludes halogenated alkanes) is 7. The van der Waals surface area contributed by atoms with Crippen LogP contribution in [0, 0.1) is 13.0 Å². The van der Waals surface area contributed by atoms with Gasteiger partial charge in [0.1, 0.15) is 0 Å². The lowest BCUT2D eigenvalue weighted by Gasteiger charge is -2.12. The third kappa shape index (κ3) is 10.5. The molecule has 1 unspecified atom stereocenters. The first-order valence-corrected chi connectivity index (χ1v) is 7.22. The fourth-order valence-electron chi connectivity index (χ4n) is 2.14. The summed E-state index contributed by atoms with van der Waals surface area (Å²) in [6, 6.07) is 0. The predicted octanol–water partition coefficient (Wildman–Crippen LogP) is 5.35. The van der Waals surface area contributed by atoms with Gasteiger partial charge in [-0.2, -0.15) is 0 Å². The zero-order valence-corrected chi connectivity index (χ0v) is 11.5. The number of hydrogen-bond donors (Lipinski definition) is 0. The highest BCUT2D eigenvalue weighted by Gasteiger charge is 2.04. The van der Waals surface area contributed by atoms with E-state index in [1.807, 2.05) is 0 Å². The second-order valence-corrected chi connectivity index (χ2v) is 4.91. The largest absolute Gasteiger partial charge is 0.379 e. The highest BCUT2D eigenvalue weighted by atomic mass is 16.5. The first-order chi connectivity index (χ1) is 7.85. The molecule has 1 radical (unpaired) electrons. The third-order valence-electron chi connectivity index (χ3n) is 3.40. The van der Waals surface area contributed by atoms with Crippen LogP contribution in [0.4, 0.5) is 0 Å². The van der Waals surface area contributed by atoms with Gasteiger partial charge in [-0.3, -0.25) is 0 Å². The highest BCUT2D eigenvalue weighted by molar-refractivity contribution is 4.57. The zero-order chi connectivity index (χ0) is 12.1. The van der Waals surface area contributed by atoms with E-state index >= 15 is 0 Å². The maximum atomic E-state index is 4.97. The van der Waals surface area contributed by atoms with E-state index in [0.29, 0.717) is 0 Å². The van der Waals surface area contributed by atoms with Crippen molar-refractivity contribution in [1.29, 1.82) is 0 Å². The lowest BCUT2D eigenvalue weighted by molar-refractivity contribution is 0.177. The summed E-state index contributed by atoms with van der Waals surface area (Å²) >= 11 is 0. The molecule has 0 saturated heterocycles. The van der Waals surface area contributed by atoms with Crippen LogP contribution in [0.25, 0.3) is 0 Å². The number of hydrogen-bond acceptors (Lipinski definition) is 1. The van der Waals surface area contributed by atoms with Crippen LogP contribution in [0.1, 0.15) is 78.1 Å². The quantitative estimate of drug-likeness (QED) is 0.408. The molecule has 0 aromatic heterocycles. The minimum Gasteiger partial charge on any atom is -0.379 e. The van der Waals surface area contributed by atoms with Crippen LogP contribution in [-0.4, -0.2) is 6.61 Å². The normalized spacial score (nSPS) is 12.9. The van der Waals surface area contributed by atoms with Gasteiger partial charge < -0.3 is 4.74 Å². The average molecular weight is 227 g/mol. The summed E-state index contributed by atoms with van der Waals surface area (Å²) in [5, 5.41) is 0. The molecule has 16 heavy (non-hydrogen) atoms. The van der Waals surface area contributed by atoms with Gasteiger partial charge in [0.05, 0.1) is 7.11 Å². The van der Waals surface area contributed by atoms with Crippen molar-refractivity contribution in [2.24, 2.45) is 5.92 Å². The van der Waals surface area contributed by atoms with E-state index in [1.54, 1.807) is 0 Å². The van der Waals surface area contributed by atoms with E-state index in [4.69, 9.17) is 4.74 Å². The molecule has 0 bridgehead atoms. The minimum absolute atomic E-state index is 0.734. The first-order valence-electron chi connectivity index (χ1n) is 7.22. The van der Waals surface area contributed by atoms with Gasteiger partial charge in [-0.15, -0.1) is 0 Å². The molecule has 0 N–H and O–H groups in total. The second kappa shape index (κ2) is 13.0. The maximum Gasteiger partial charge on any atom is 0.0700 e. The minimum atomic E-state index is 0.734. The van der Waals surface area contributed by atoms with Gasteiger partial charge in [0, 0.05) is 6.61 Å². The van der Waals surface area contributed by atoms with Crippen molar-refractivity contribution in [1.82, 2.24) is 0 Å². The predicted molar refractivity (Wildman–Crippen MR) is 72.3 cm³/mol. The molecule has 1 heteroatoms. The molecule has 0 spiro atoms. The van der Waals surface area contributed by atoms with E-state index in [-0.39, 0.29) is 0 Å². The van der Waals surface area contributed by atoms with Crippen LogP contribution in [0.3, 0.4) is 0 Å². The molecule has 0 fully saturated rings. The summed E-state index contributed by atoms with van der Waals surface area (Å²) in [6.45, 7) is 5.36. The smallest absolute Gasteiger partial charge is 0.0700 e. The topological polar surface area (TPSA) is 9.23 Å². The molecule has 0 aliphatic rings. The van der Waals surface area contributed by atoms with Crippen LogP contribution in [0.5, 0.6) is 0 Å². The number of ether oxygens (including phenoxy) is 1. The fraction of sp³-hybridized carbons (Fsp3) is 0.933. The van der Waals surface area contributed by atoms with Crippen molar-refractivity contribution in [2.75, 3.05) is 6.61 Å². The molecule has 1 atom stereocenters. The first kappa shape index (κ1) is 16.0. The van der Waals surface area contributed by atoms with Crippen molar-refractivity contribution in [3.05, 3.63) is 7.11 Å². The van der Waals surface area contributed by atoms with Crippen LogP contribution < -0.4 is 0 Å². The van der Waals surface area contributed by atoms with E-state index in [0.717, 1.165) is 12.5 Å². The monoisotopic (exact) mass is 227 g/mol. The molecule has 0 aromatic rings. The van der Waals surface area contributed by atoms with Gasteiger partial charge in [-0.05, 0) is 12.3 Å². The Labute approximate surface area is 103 Å². The molecule has 0 heterocycles. The molecule has 0 rings (SSSR count). The van der Waals surface area contributed by atoms with E-state index < -0.39 is 0 Å². The standard InChI is InChI=1S/C15H31O/c1-4-6-7-8-9-10-11-12-13-15(5-2)14-16-3/h15H,3-14H2,1-2H3. The molecule has 0 aromatic carbocycles. The van der Waals surface area contributed by atoms with Crippen LogP contribution in [0.2, 0.25) is 0 Å². The van der Waals surface area contributed by atoms with Crippen molar-refractivity contribution in [2.45, 2.75) is 78.1 Å². The molecule has 1 nitrogen and oxygen atoms in total. The van der Waals surface area contributed by atoms with Gasteiger partial charge in [0.2, 0.25) is 0 Å². The Bertz CT molecular complexity index is 123. The van der Waals surface area contributed by atoms with Crippen molar-refractivity contribution < 1.29 is 4.74 Å². The fourth-order valence-corrected chi connectivity index (χ4v) is 2.14. The summed E-state index contributed by atoms with van der Waals surface area (Å²) in [5.74, 6) is 0.734. The van der Waals surface area contributed by atoms with Gasteiger partial charge >= 0.3 is 0 Å². The SMILES string of the molecule is [CH2]OCC(CC)CCCCCCCCCC. The summed E-state index contributed by atoms with van der Waals surface area (Å²) in [4.78, 5) is 0. The average Bonchev–Trinajstić information content (AvgIpc) is 2.31. The highest BCUT2D eigenvalue weighted by Crippen LogP contribution is 2.15. The van der Waals surface area contributed by atoms with Gasteiger partial charge in [-0.25, -0.2) is 0 Å². The van der Waals surface area contributed by atoms with E-state index in [9.17, 15) is 0 Å². The molecule has 0 aliphatic heterocycles. The van der Waals surface area contributed by atoms with Crippen molar-refractivity contribution in [3.8, 4) is 0 Å². The van der Waals surface area contributed by atoms with Crippen LogP contribution in [0.15, 0.2) is 0 Å². The Morgan fingerprint density at radius 3 is 1.94 bits per heavy atom. The van der Waals surface area contributed by atoms with E-state index in [2.05, 4.69) is 21.0 Å². The Morgan fingerprint density at radius 2 is 1.44 bits per heavy atom. The van der Waals surface area contributed by atoms with Gasteiger partial charge in [-0.1, -0.05) is 71.6 Å². The van der Waals surface area contributed by atoms with Crippen LogP contribution in [-0.2, 0) is 4.74 Å². The molecule has 0 amide bonds. The van der Waals surface area contributed by atoms with Crippen molar-refractivity contribution in [3.63, 3.8) is 0 Å². The van der Waals surface area contributed by atoms with Gasteiger partial charge in [0.25, 0.3) is 0 Å². The maximum absolute atomic E-state index is 4.97. The Morgan fingerprint density at radius 1 is 0.875 bits per heavy atom. The molecule has 0 aliphatic carbocycles. The lowest BCUT2D eigenvalue weighted by atomic mass is 9.98. The van der Waals surface area contributed by atoms with E-state index in [1.165, 1.54) is 64.2 Å². The molecular weight excluding hydrogens is 196 g/mol. The molecule has 97 valence electrons. The van der Waals surface area contributed by atoms with Gasteiger partial charge in [0.15, 0.2) is 0 Å². The third-order valence-corrected chi connectivity index (χ3v) is 3.40.